The molecule has 29 heavy (non-hydrogen) atoms. The minimum atomic E-state index is -0.527. The molecular formula is C24H26FN3O. The topological polar surface area (TPSA) is 38.1 Å². The molecule has 0 aliphatic rings. The van der Waals surface area contributed by atoms with Gasteiger partial charge in [-0.05, 0) is 49.6 Å². The zero-order valence-corrected chi connectivity index (χ0v) is 17.2. The normalized spacial score (nSPS) is 10.8. The summed E-state index contributed by atoms with van der Waals surface area (Å²) in [5.41, 5.74) is 4.99. The summed E-state index contributed by atoms with van der Waals surface area (Å²) >= 11 is 0. The fourth-order valence-corrected chi connectivity index (χ4v) is 3.62. The fourth-order valence-electron chi connectivity index (χ4n) is 3.62. The van der Waals surface area contributed by atoms with Crippen LogP contribution < -0.4 is 0 Å². The highest BCUT2D eigenvalue weighted by atomic mass is 19.1. The van der Waals surface area contributed by atoms with Crippen LogP contribution in [0.4, 0.5) is 4.39 Å². The maximum atomic E-state index is 14.1. The van der Waals surface area contributed by atoms with Crippen molar-refractivity contribution >= 4 is 5.91 Å². The number of benzene rings is 2. The third-order valence-electron chi connectivity index (χ3n) is 5.04. The highest BCUT2D eigenvalue weighted by Crippen LogP contribution is 2.19. The van der Waals surface area contributed by atoms with Gasteiger partial charge in [-0.15, -0.1) is 6.58 Å². The Morgan fingerprint density at radius 1 is 1.21 bits per heavy atom. The molecule has 3 rings (SSSR count). The number of amides is 1. The molecule has 1 heterocycles. The van der Waals surface area contributed by atoms with E-state index < -0.39 is 5.82 Å². The number of aryl methyl sites for hydroxylation is 3. The lowest BCUT2D eigenvalue weighted by atomic mass is 10.00. The van der Waals surface area contributed by atoms with Crippen molar-refractivity contribution in [2.45, 2.75) is 33.9 Å². The minimum absolute atomic E-state index is 0.0534. The Kier molecular flexibility index (Phi) is 6.27. The van der Waals surface area contributed by atoms with Gasteiger partial charge in [0.1, 0.15) is 11.6 Å². The molecule has 1 aromatic heterocycles. The number of rotatable bonds is 7. The van der Waals surface area contributed by atoms with E-state index in [1.807, 2.05) is 10.8 Å². The molecule has 0 aliphatic heterocycles. The molecule has 0 spiro atoms. The van der Waals surface area contributed by atoms with Gasteiger partial charge in [-0.2, -0.15) is 0 Å². The Balaban J connectivity index is 1.86. The van der Waals surface area contributed by atoms with E-state index in [-0.39, 0.29) is 18.0 Å². The fraction of sp³-hybridized carbons (Fsp3) is 0.250. The van der Waals surface area contributed by atoms with Gasteiger partial charge in [0, 0.05) is 25.5 Å². The van der Waals surface area contributed by atoms with E-state index in [9.17, 15) is 9.18 Å². The predicted octanol–water partition coefficient (Wildman–Crippen LogP) is 4.82. The summed E-state index contributed by atoms with van der Waals surface area (Å²) in [5, 5.41) is 0. The first-order valence-corrected chi connectivity index (χ1v) is 9.62. The Morgan fingerprint density at radius 2 is 1.90 bits per heavy atom. The molecule has 2 aromatic carbocycles. The monoisotopic (exact) mass is 391 g/mol. The first-order valence-electron chi connectivity index (χ1n) is 9.62. The van der Waals surface area contributed by atoms with Gasteiger partial charge in [0.15, 0.2) is 0 Å². The molecule has 5 heteroatoms. The lowest BCUT2D eigenvalue weighted by Gasteiger charge is -2.22. The van der Waals surface area contributed by atoms with Crippen molar-refractivity contribution in [1.82, 2.24) is 14.5 Å². The van der Waals surface area contributed by atoms with Gasteiger partial charge in [0.25, 0.3) is 5.91 Å². The molecule has 0 N–H and O–H groups in total. The summed E-state index contributed by atoms with van der Waals surface area (Å²) in [6.45, 7) is 11.3. The molecule has 4 nitrogen and oxygen atoms in total. The minimum Gasteiger partial charge on any atom is -0.329 e. The SMILES string of the molecule is C=CCN(Cc1nccn1Cc1c(C)cc(C)cc1C)C(=O)c1ccccc1F. The van der Waals surface area contributed by atoms with Gasteiger partial charge in [-0.1, -0.05) is 35.9 Å². The van der Waals surface area contributed by atoms with Crippen LogP contribution in [0.15, 0.2) is 61.4 Å². The first kappa shape index (κ1) is 20.5. The number of carbonyl (C=O) groups excluding carboxylic acids is 1. The van der Waals surface area contributed by atoms with Crippen molar-refractivity contribution in [2.24, 2.45) is 0 Å². The number of imidazole rings is 1. The average molecular weight is 391 g/mol. The van der Waals surface area contributed by atoms with E-state index in [1.165, 1.54) is 34.4 Å². The lowest BCUT2D eigenvalue weighted by Crippen LogP contribution is -2.32. The summed E-state index contributed by atoms with van der Waals surface area (Å²) < 4.78 is 16.2. The van der Waals surface area contributed by atoms with Crippen molar-refractivity contribution in [1.29, 1.82) is 0 Å². The molecule has 0 aliphatic carbocycles. The molecule has 0 unspecified atom stereocenters. The van der Waals surface area contributed by atoms with Gasteiger partial charge in [0.05, 0.1) is 12.1 Å². The van der Waals surface area contributed by atoms with Crippen molar-refractivity contribution in [3.63, 3.8) is 0 Å². The average Bonchev–Trinajstić information content (AvgIpc) is 3.11. The highest BCUT2D eigenvalue weighted by Gasteiger charge is 2.20. The predicted molar refractivity (Wildman–Crippen MR) is 113 cm³/mol. The van der Waals surface area contributed by atoms with Gasteiger partial charge in [0.2, 0.25) is 0 Å². The van der Waals surface area contributed by atoms with Gasteiger partial charge in [-0.25, -0.2) is 9.37 Å². The Labute approximate surface area is 171 Å². The van der Waals surface area contributed by atoms with Crippen LogP contribution in [0.5, 0.6) is 0 Å². The zero-order chi connectivity index (χ0) is 21.0. The highest BCUT2D eigenvalue weighted by molar-refractivity contribution is 5.94. The van der Waals surface area contributed by atoms with Crippen molar-refractivity contribution in [2.75, 3.05) is 6.54 Å². The number of carbonyl (C=O) groups is 1. The van der Waals surface area contributed by atoms with Gasteiger partial charge >= 0.3 is 0 Å². The Hall–Kier alpha value is -3.21. The molecular weight excluding hydrogens is 365 g/mol. The van der Waals surface area contributed by atoms with E-state index in [0.29, 0.717) is 13.1 Å². The molecule has 0 bridgehead atoms. The third-order valence-corrected chi connectivity index (χ3v) is 5.04. The van der Waals surface area contributed by atoms with Crippen molar-refractivity contribution < 1.29 is 9.18 Å². The molecule has 0 atom stereocenters. The largest absolute Gasteiger partial charge is 0.329 e. The molecule has 3 aromatic rings. The number of hydrogen-bond acceptors (Lipinski definition) is 2. The standard InChI is InChI=1S/C24H26FN3O/c1-5-11-28(24(29)20-8-6-7-9-22(20)25)16-23-26-10-12-27(23)15-21-18(3)13-17(2)14-19(21)4/h5-10,12-14H,1,11,15-16H2,2-4H3. The lowest BCUT2D eigenvalue weighted by molar-refractivity contribution is 0.0752. The van der Waals surface area contributed by atoms with Crippen LogP contribution in [0.1, 0.15) is 38.4 Å². The number of nitrogens with zero attached hydrogens (tertiary/aromatic N) is 3. The third kappa shape index (κ3) is 4.62. The molecule has 0 radical (unpaired) electrons. The Bertz CT molecular complexity index is 1020. The molecule has 150 valence electrons. The molecule has 0 fully saturated rings. The summed E-state index contributed by atoms with van der Waals surface area (Å²) in [5.74, 6) is -0.156. The van der Waals surface area contributed by atoms with Crippen LogP contribution in [0.25, 0.3) is 0 Å². The van der Waals surface area contributed by atoms with E-state index in [1.54, 1.807) is 29.3 Å². The first-order chi connectivity index (χ1) is 13.9. The Morgan fingerprint density at radius 3 is 2.55 bits per heavy atom. The smallest absolute Gasteiger partial charge is 0.257 e. The van der Waals surface area contributed by atoms with Crippen LogP contribution in [-0.4, -0.2) is 26.9 Å². The van der Waals surface area contributed by atoms with Gasteiger partial charge in [-0.3, -0.25) is 4.79 Å². The zero-order valence-electron chi connectivity index (χ0n) is 17.2. The summed E-state index contributed by atoms with van der Waals surface area (Å²) in [4.78, 5) is 18.9. The quantitative estimate of drug-likeness (QED) is 0.542. The molecule has 1 amide bonds. The van der Waals surface area contributed by atoms with E-state index in [4.69, 9.17) is 0 Å². The van der Waals surface area contributed by atoms with Crippen LogP contribution in [-0.2, 0) is 13.1 Å². The second kappa shape index (κ2) is 8.86. The number of hydrogen-bond donors (Lipinski definition) is 0. The van der Waals surface area contributed by atoms with Crippen LogP contribution in [0, 0.1) is 26.6 Å². The van der Waals surface area contributed by atoms with Gasteiger partial charge < -0.3 is 9.47 Å². The van der Waals surface area contributed by atoms with Crippen LogP contribution in [0.3, 0.4) is 0 Å². The van der Waals surface area contributed by atoms with E-state index in [2.05, 4.69) is 44.5 Å². The maximum Gasteiger partial charge on any atom is 0.257 e. The van der Waals surface area contributed by atoms with Crippen LogP contribution >= 0.6 is 0 Å². The summed E-state index contributed by atoms with van der Waals surface area (Å²) in [6, 6.07) is 10.4. The number of halogens is 1. The second-order valence-corrected chi connectivity index (χ2v) is 7.30. The van der Waals surface area contributed by atoms with Crippen LogP contribution in [0.2, 0.25) is 0 Å². The second-order valence-electron chi connectivity index (χ2n) is 7.30. The molecule has 0 saturated heterocycles. The van der Waals surface area contributed by atoms with Crippen molar-refractivity contribution in [3.8, 4) is 0 Å². The van der Waals surface area contributed by atoms with E-state index >= 15 is 0 Å². The number of aromatic nitrogens is 2. The van der Waals surface area contributed by atoms with E-state index in [0.717, 1.165) is 5.82 Å². The summed E-state index contributed by atoms with van der Waals surface area (Å²) in [6.07, 6.45) is 5.28. The van der Waals surface area contributed by atoms with Crippen molar-refractivity contribution in [3.05, 3.63) is 101 Å². The summed E-state index contributed by atoms with van der Waals surface area (Å²) in [7, 11) is 0. The molecule has 0 saturated carbocycles. The maximum absolute atomic E-state index is 14.1.